The molecule has 1 N–H and O–H groups in total. The molecule has 0 bridgehead atoms. The Kier molecular flexibility index (Phi) is 40.9. The molecule has 0 radical (unpaired) electrons. The summed E-state index contributed by atoms with van der Waals surface area (Å²) >= 11 is 0. The van der Waals surface area contributed by atoms with Crippen molar-refractivity contribution in [3.63, 3.8) is 0 Å². The van der Waals surface area contributed by atoms with Crippen molar-refractivity contribution in [2.24, 2.45) is 0 Å². The van der Waals surface area contributed by atoms with Gasteiger partial charge in [-0.1, -0.05) is 39.0 Å². The summed E-state index contributed by atoms with van der Waals surface area (Å²) in [4.78, 5) is 20.6. The Morgan fingerprint density at radius 1 is 0.400 bits per heavy atom. The summed E-state index contributed by atoms with van der Waals surface area (Å²) in [6.45, 7) is 15.1. The van der Waals surface area contributed by atoms with E-state index in [2.05, 4.69) is 12.2 Å². The van der Waals surface area contributed by atoms with Crippen LogP contribution in [-0.2, 0) is 61.6 Å². The summed E-state index contributed by atoms with van der Waals surface area (Å²) in [5, 5.41) is 24.8. The molecule has 0 aromatic heterocycles. The van der Waals surface area contributed by atoms with Crippen LogP contribution in [0.1, 0.15) is 45.4 Å². The molecule has 0 aliphatic heterocycles. The van der Waals surface area contributed by atoms with Crippen molar-refractivity contribution in [3.8, 4) is 0 Å². The van der Waals surface area contributed by atoms with Gasteiger partial charge in [-0.15, -0.1) is 0 Å². The molecule has 0 fully saturated rings. The Morgan fingerprint density at radius 3 is 1.02 bits per heavy atom. The Labute approximate surface area is 355 Å². The number of nitro groups is 2. The SMILES string of the molecule is CCCCCCCCOCCOCCOCCOCCOCCOCCOCCOCCOCCOCCOCCOCCOCCNc1ccc([N+](=O)[O-])cc1[N+](=O)[O-]. The zero-order chi connectivity index (χ0) is 43.2. The second-order valence-electron chi connectivity index (χ2n) is 12.9. The van der Waals surface area contributed by atoms with Crippen molar-refractivity contribution in [2.75, 3.05) is 184 Å². The van der Waals surface area contributed by atoms with Gasteiger partial charge >= 0.3 is 0 Å². The minimum absolute atomic E-state index is 0.185. The predicted molar refractivity (Wildman–Crippen MR) is 222 cm³/mol. The first-order chi connectivity index (χ1) is 29.6. The molecule has 350 valence electrons. The summed E-state index contributed by atoms with van der Waals surface area (Å²) < 4.78 is 71.4. The van der Waals surface area contributed by atoms with Gasteiger partial charge in [0.2, 0.25) is 0 Å². The number of hydrogen-bond acceptors (Lipinski definition) is 18. The first kappa shape index (κ1) is 55.3. The molecule has 0 spiro atoms. The molecule has 1 aromatic rings. The van der Waals surface area contributed by atoms with Crippen LogP contribution in [0.15, 0.2) is 18.2 Å². The maximum absolute atomic E-state index is 11.2. The average Bonchev–Trinajstić information content (AvgIpc) is 3.24. The molecule has 0 atom stereocenters. The number of ether oxygens (including phenoxy) is 13. The van der Waals surface area contributed by atoms with E-state index in [4.69, 9.17) is 61.6 Å². The van der Waals surface area contributed by atoms with E-state index in [0.717, 1.165) is 19.1 Å². The average molecular weight is 868 g/mol. The van der Waals surface area contributed by atoms with E-state index in [1.54, 1.807) is 0 Å². The van der Waals surface area contributed by atoms with Gasteiger partial charge in [0.1, 0.15) is 5.69 Å². The van der Waals surface area contributed by atoms with Gasteiger partial charge in [-0.2, -0.15) is 0 Å². The van der Waals surface area contributed by atoms with Crippen LogP contribution in [0.5, 0.6) is 0 Å². The van der Waals surface area contributed by atoms with E-state index in [-0.39, 0.29) is 30.2 Å². The molecule has 60 heavy (non-hydrogen) atoms. The topological polar surface area (TPSA) is 218 Å². The number of rotatable bonds is 49. The minimum Gasteiger partial charge on any atom is -0.379 e. The minimum atomic E-state index is -0.680. The lowest BCUT2D eigenvalue weighted by Crippen LogP contribution is -2.16. The molecular formula is C40H73N3O17. The first-order valence-electron chi connectivity index (χ1n) is 21.2. The van der Waals surface area contributed by atoms with Crippen molar-refractivity contribution in [2.45, 2.75) is 45.4 Å². The molecule has 0 aliphatic carbocycles. The Hall–Kier alpha value is -2.70. The fourth-order valence-corrected chi connectivity index (χ4v) is 4.92. The summed E-state index contributed by atoms with van der Waals surface area (Å²) in [5.74, 6) is 0. The van der Waals surface area contributed by atoms with Crippen molar-refractivity contribution in [1.29, 1.82) is 0 Å². The molecule has 0 unspecified atom stereocenters. The van der Waals surface area contributed by atoms with Crippen LogP contribution in [0.3, 0.4) is 0 Å². The number of nitro benzene ring substituents is 2. The maximum atomic E-state index is 11.2. The normalized spacial score (nSPS) is 11.4. The second-order valence-corrected chi connectivity index (χ2v) is 12.9. The monoisotopic (exact) mass is 867 g/mol. The number of hydrogen-bond donors (Lipinski definition) is 1. The van der Waals surface area contributed by atoms with E-state index in [9.17, 15) is 20.2 Å². The van der Waals surface area contributed by atoms with Crippen LogP contribution in [0.25, 0.3) is 0 Å². The highest BCUT2D eigenvalue weighted by Crippen LogP contribution is 2.28. The molecule has 0 heterocycles. The highest BCUT2D eigenvalue weighted by Gasteiger charge is 2.19. The molecule has 0 saturated heterocycles. The lowest BCUT2D eigenvalue weighted by molar-refractivity contribution is -0.393. The molecule has 0 amide bonds. The summed E-state index contributed by atoms with van der Waals surface area (Å²) in [6, 6.07) is 3.43. The molecule has 0 saturated carbocycles. The van der Waals surface area contributed by atoms with Gasteiger partial charge in [0.15, 0.2) is 0 Å². The van der Waals surface area contributed by atoms with E-state index in [0.29, 0.717) is 159 Å². The lowest BCUT2D eigenvalue weighted by atomic mass is 10.1. The zero-order valence-corrected chi connectivity index (χ0v) is 35.9. The number of nitrogens with zero attached hydrogens (tertiary/aromatic N) is 2. The van der Waals surface area contributed by atoms with Gasteiger partial charge in [0, 0.05) is 19.2 Å². The van der Waals surface area contributed by atoms with Gasteiger partial charge < -0.3 is 66.9 Å². The van der Waals surface area contributed by atoms with E-state index < -0.39 is 9.85 Å². The largest absolute Gasteiger partial charge is 0.379 e. The van der Waals surface area contributed by atoms with Gasteiger partial charge in [-0.05, 0) is 12.5 Å². The van der Waals surface area contributed by atoms with E-state index in [1.165, 1.54) is 44.2 Å². The summed E-state index contributed by atoms with van der Waals surface area (Å²) in [7, 11) is 0. The van der Waals surface area contributed by atoms with Gasteiger partial charge in [-0.25, -0.2) is 0 Å². The lowest BCUT2D eigenvalue weighted by Gasteiger charge is -2.09. The standard InChI is InChI=1S/C40H73N3O17/c1-2-3-4-5-6-7-11-48-13-15-50-17-19-52-21-23-54-25-27-56-29-31-58-33-35-60-36-34-59-32-30-57-28-26-55-24-22-53-20-18-51-16-14-49-12-10-41-39-9-8-38(42(44)45)37-40(39)43(46)47/h8-9,37,41H,2-7,10-36H2,1H3. The maximum Gasteiger partial charge on any atom is 0.299 e. The fourth-order valence-electron chi connectivity index (χ4n) is 4.92. The number of anilines is 1. The molecule has 20 nitrogen and oxygen atoms in total. The van der Waals surface area contributed by atoms with Gasteiger partial charge in [-0.3, -0.25) is 20.2 Å². The van der Waals surface area contributed by atoms with Crippen LogP contribution in [0.4, 0.5) is 17.1 Å². The van der Waals surface area contributed by atoms with E-state index >= 15 is 0 Å². The molecule has 1 aromatic carbocycles. The third kappa shape index (κ3) is 37.1. The van der Waals surface area contributed by atoms with Crippen LogP contribution < -0.4 is 5.32 Å². The predicted octanol–water partition coefficient (Wildman–Crippen LogP) is 4.49. The third-order valence-corrected chi connectivity index (χ3v) is 8.06. The van der Waals surface area contributed by atoms with Crippen LogP contribution in [-0.4, -0.2) is 188 Å². The summed E-state index contributed by atoms with van der Waals surface area (Å²) in [5.41, 5.74) is -0.528. The number of unbranched alkanes of at least 4 members (excludes halogenated alkanes) is 5. The zero-order valence-electron chi connectivity index (χ0n) is 35.9. The number of non-ortho nitro benzene ring substituents is 1. The first-order valence-corrected chi connectivity index (χ1v) is 21.2. The van der Waals surface area contributed by atoms with E-state index in [1.807, 2.05) is 0 Å². The van der Waals surface area contributed by atoms with Crippen LogP contribution in [0, 0.1) is 20.2 Å². The highest BCUT2D eigenvalue weighted by molar-refractivity contribution is 5.65. The van der Waals surface area contributed by atoms with Crippen molar-refractivity contribution in [1.82, 2.24) is 0 Å². The summed E-state index contributed by atoms with van der Waals surface area (Å²) in [6.07, 6.45) is 7.62. The fraction of sp³-hybridized carbons (Fsp3) is 0.850. The highest BCUT2D eigenvalue weighted by atomic mass is 16.6. The molecule has 20 heteroatoms. The molecule has 1 rings (SSSR count). The van der Waals surface area contributed by atoms with Gasteiger partial charge in [0.05, 0.1) is 181 Å². The molecule has 0 aliphatic rings. The van der Waals surface area contributed by atoms with Crippen molar-refractivity contribution < 1.29 is 71.4 Å². The van der Waals surface area contributed by atoms with Crippen molar-refractivity contribution >= 4 is 17.1 Å². The Balaban J connectivity index is 1.67. The number of nitrogens with one attached hydrogen (secondary N) is 1. The van der Waals surface area contributed by atoms with Crippen LogP contribution in [0.2, 0.25) is 0 Å². The Morgan fingerprint density at radius 2 is 0.700 bits per heavy atom. The smallest absolute Gasteiger partial charge is 0.299 e. The van der Waals surface area contributed by atoms with Crippen molar-refractivity contribution in [3.05, 3.63) is 38.4 Å². The second kappa shape index (κ2) is 44.4. The third-order valence-electron chi connectivity index (χ3n) is 8.06. The van der Waals surface area contributed by atoms with Crippen LogP contribution >= 0.6 is 0 Å². The Bertz CT molecular complexity index is 1110. The molecular weight excluding hydrogens is 794 g/mol. The number of benzene rings is 1. The van der Waals surface area contributed by atoms with Gasteiger partial charge in [0.25, 0.3) is 11.4 Å². The quantitative estimate of drug-likeness (QED) is 0.0542.